The third-order valence-electron chi connectivity index (χ3n) is 3.35. The van der Waals surface area contributed by atoms with Crippen molar-refractivity contribution in [2.45, 2.75) is 64.8 Å². The maximum absolute atomic E-state index is 2.69. The average molecular weight is 183 g/mol. The van der Waals surface area contributed by atoms with Gasteiger partial charge < -0.3 is 0 Å². The van der Waals surface area contributed by atoms with Crippen LogP contribution in [0.1, 0.15) is 59.3 Å². The fourth-order valence-corrected chi connectivity index (χ4v) is 2.29. The van der Waals surface area contributed by atoms with E-state index < -0.39 is 0 Å². The van der Waals surface area contributed by atoms with E-state index in [2.05, 4.69) is 25.7 Å². The molecule has 0 radical (unpaired) electrons. The van der Waals surface area contributed by atoms with E-state index in [1.165, 1.54) is 51.6 Å². The van der Waals surface area contributed by atoms with Crippen LogP contribution in [0.3, 0.4) is 0 Å². The lowest BCUT2D eigenvalue weighted by molar-refractivity contribution is 0.0752. The molecule has 1 rings (SSSR count). The summed E-state index contributed by atoms with van der Waals surface area (Å²) in [6.07, 6.45) is 8.35. The van der Waals surface area contributed by atoms with Crippen LogP contribution in [0.4, 0.5) is 0 Å². The Morgan fingerprint density at radius 1 is 1.15 bits per heavy atom. The molecule has 0 atom stereocenters. The van der Waals surface area contributed by atoms with Gasteiger partial charge in [0.05, 0.1) is 0 Å². The summed E-state index contributed by atoms with van der Waals surface area (Å²) in [5.41, 5.74) is 0.478. The summed E-state index contributed by atoms with van der Waals surface area (Å²) in [5.74, 6) is 0. The molecule has 1 aliphatic heterocycles. The quantitative estimate of drug-likeness (QED) is 0.603. The van der Waals surface area contributed by atoms with Crippen molar-refractivity contribution >= 4 is 0 Å². The van der Waals surface area contributed by atoms with Crippen LogP contribution in [0.5, 0.6) is 0 Å². The minimum absolute atomic E-state index is 0.478. The predicted molar refractivity (Wildman–Crippen MR) is 59.0 cm³/mol. The summed E-state index contributed by atoms with van der Waals surface area (Å²) in [4.78, 5) is 2.69. The molecular weight excluding hydrogens is 158 g/mol. The van der Waals surface area contributed by atoms with Crippen LogP contribution < -0.4 is 0 Å². The van der Waals surface area contributed by atoms with Crippen LogP contribution in [0.15, 0.2) is 0 Å². The molecule has 1 heteroatoms. The van der Waals surface area contributed by atoms with E-state index >= 15 is 0 Å². The second-order valence-corrected chi connectivity index (χ2v) is 4.96. The molecule has 0 unspecified atom stereocenters. The fourth-order valence-electron chi connectivity index (χ4n) is 2.29. The minimum Gasteiger partial charge on any atom is -0.298 e. The van der Waals surface area contributed by atoms with Gasteiger partial charge in [0.15, 0.2) is 0 Å². The van der Waals surface area contributed by atoms with Gasteiger partial charge in [-0.25, -0.2) is 0 Å². The topological polar surface area (TPSA) is 3.24 Å². The molecule has 0 aliphatic carbocycles. The zero-order chi connectivity index (χ0) is 9.73. The van der Waals surface area contributed by atoms with Crippen molar-refractivity contribution in [3.05, 3.63) is 0 Å². The first kappa shape index (κ1) is 11.0. The van der Waals surface area contributed by atoms with Crippen LogP contribution in [0.25, 0.3) is 0 Å². The molecule has 1 nitrogen and oxygen atoms in total. The van der Waals surface area contributed by atoms with Gasteiger partial charge in [0.1, 0.15) is 0 Å². The monoisotopic (exact) mass is 183 g/mol. The molecule has 1 fully saturated rings. The molecule has 0 saturated carbocycles. The molecule has 0 amide bonds. The lowest BCUT2D eigenvalue weighted by Crippen LogP contribution is -2.47. The van der Waals surface area contributed by atoms with E-state index in [9.17, 15) is 0 Å². The van der Waals surface area contributed by atoms with Crippen molar-refractivity contribution in [3.63, 3.8) is 0 Å². The SMILES string of the molecule is CCCCCN1CCCCC1(C)C. The second-order valence-electron chi connectivity index (χ2n) is 4.96. The number of piperidine rings is 1. The first-order chi connectivity index (χ1) is 6.17. The van der Waals surface area contributed by atoms with Crippen LogP contribution in [-0.2, 0) is 0 Å². The van der Waals surface area contributed by atoms with Crippen molar-refractivity contribution in [1.29, 1.82) is 0 Å². The molecular formula is C12H25N. The standard InChI is InChI=1S/C12H25N/c1-4-5-7-10-13-11-8-6-9-12(13,2)3/h4-11H2,1-3H3. The van der Waals surface area contributed by atoms with Crippen molar-refractivity contribution in [2.75, 3.05) is 13.1 Å². The first-order valence-electron chi connectivity index (χ1n) is 5.92. The number of hydrogen-bond donors (Lipinski definition) is 0. The number of nitrogens with zero attached hydrogens (tertiary/aromatic N) is 1. The highest BCUT2D eigenvalue weighted by atomic mass is 15.2. The molecule has 1 aliphatic rings. The first-order valence-corrected chi connectivity index (χ1v) is 5.92. The Balaban J connectivity index is 2.29. The molecule has 78 valence electrons. The van der Waals surface area contributed by atoms with Crippen LogP contribution in [-0.4, -0.2) is 23.5 Å². The molecule has 1 saturated heterocycles. The van der Waals surface area contributed by atoms with Crippen molar-refractivity contribution in [3.8, 4) is 0 Å². The number of hydrogen-bond acceptors (Lipinski definition) is 1. The molecule has 0 N–H and O–H groups in total. The van der Waals surface area contributed by atoms with Crippen molar-refractivity contribution in [2.24, 2.45) is 0 Å². The van der Waals surface area contributed by atoms with Gasteiger partial charge in [-0.3, -0.25) is 4.90 Å². The molecule has 0 aromatic carbocycles. The normalized spacial score (nSPS) is 23.3. The summed E-state index contributed by atoms with van der Waals surface area (Å²) in [5, 5.41) is 0. The number of likely N-dealkylation sites (tertiary alicyclic amines) is 1. The fraction of sp³-hybridized carbons (Fsp3) is 1.00. The van der Waals surface area contributed by atoms with E-state index in [1.54, 1.807) is 0 Å². The second kappa shape index (κ2) is 4.99. The van der Waals surface area contributed by atoms with E-state index in [1.807, 2.05) is 0 Å². The Hall–Kier alpha value is -0.0400. The van der Waals surface area contributed by atoms with Gasteiger partial charge in [-0.1, -0.05) is 26.2 Å². The highest BCUT2D eigenvalue weighted by molar-refractivity contribution is 4.85. The Morgan fingerprint density at radius 2 is 1.92 bits per heavy atom. The predicted octanol–water partition coefficient (Wildman–Crippen LogP) is 3.44. The van der Waals surface area contributed by atoms with Gasteiger partial charge in [-0.15, -0.1) is 0 Å². The van der Waals surface area contributed by atoms with Crippen LogP contribution in [0.2, 0.25) is 0 Å². The van der Waals surface area contributed by atoms with E-state index in [0.29, 0.717) is 5.54 Å². The van der Waals surface area contributed by atoms with E-state index in [0.717, 1.165) is 0 Å². The van der Waals surface area contributed by atoms with Gasteiger partial charge >= 0.3 is 0 Å². The third kappa shape index (κ3) is 3.30. The summed E-state index contributed by atoms with van der Waals surface area (Å²) in [7, 11) is 0. The molecule has 1 heterocycles. The molecule has 0 spiro atoms. The summed E-state index contributed by atoms with van der Waals surface area (Å²) < 4.78 is 0. The lowest BCUT2D eigenvalue weighted by Gasteiger charge is -2.42. The largest absolute Gasteiger partial charge is 0.298 e. The summed E-state index contributed by atoms with van der Waals surface area (Å²) in [6.45, 7) is 9.73. The molecule has 0 bridgehead atoms. The number of unbranched alkanes of at least 4 members (excludes halogenated alkanes) is 2. The maximum Gasteiger partial charge on any atom is 0.0153 e. The van der Waals surface area contributed by atoms with Gasteiger partial charge in [0.2, 0.25) is 0 Å². The third-order valence-corrected chi connectivity index (χ3v) is 3.35. The van der Waals surface area contributed by atoms with Crippen LogP contribution >= 0.6 is 0 Å². The summed E-state index contributed by atoms with van der Waals surface area (Å²) >= 11 is 0. The maximum atomic E-state index is 2.69. The Morgan fingerprint density at radius 3 is 2.54 bits per heavy atom. The van der Waals surface area contributed by atoms with Gasteiger partial charge in [0.25, 0.3) is 0 Å². The Kier molecular flexibility index (Phi) is 4.24. The smallest absolute Gasteiger partial charge is 0.0153 e. The Labute approximate surface area is 83.5 Å². The molecule has 13 heavy (non-hydrogen) atoms. The van der Waals surface area contributed by atoms with E-state index in [-0.39, 0.29) is 0 Å². The zero-order valence-corrected chi connectivity index (χ0v) is 9.60. The van der Waals surface area contributed by atoms with Gasteiger partial charge in [0, 0.05) is 5.54 Å². The lowest BCUT2D eigenvalue weighted by atomic mass is 9.90. The van der Waals surface area contributed by atoms with Gasteiger partial charge in [-0.2, -0.15) is 0 Å². The van der Waals surface area contributed by atoms with E-state index in [4.69, 9.17) is 0 Å². The molecule has 0 aromatic rings. The molecule has 0 aromatic heterocycles. The number of rotatable bonds is 4. The highest BCUT2D eigenvalue weighted by Gasteiger charge is 2.28. The van der Waals surface area contributed by atoms with Crippen LogP contribution in [0, 0.1) is 0 Å². The average Bonchev–Trinajstić information content (AvgIpc) is 2.08. The Bertz CT molecular complexity index is 140. The summed E-state index contributed by atoms with van der Waals surface area (Å²) in [6, 6.07) is 0. The van der Waals surface area contributed by atoms with Gasteiger partial charge in [-0.05, 0) is 46.2 Å². The minimum atomic E-state index is 0.478. The van der Waals surface area contributed by atoms with Crippen molar-refractivity contribution in [1.82, 2.24) is 4.90 Å². The highest BCUT2D eigenvalue weighted by Crippen LogP contribution is 2.27. The van der Waals surface area contributed by atoms with Crippen molar-refractivity contribution < 1.29 is 0 Å². The zero-order valence-electron chi connectivity index (χ0n) is 9.60.